The second kappa shape index (κ2) is 5.44. The average molecular weight is 294 g/mol. The van der Waals surface area contributed by atoms with Crippen molar-refractivity contribution in [2.75, 3.05) is 0 Å². The Balaban J connectivity index is 2.04. The summed E-state index contributed by atoms with van der Waals surface area (Å²) in [6, 6.07) is 12.8. The van der Waals surface area contributed by atoms with Crippen molar-refractivity contribution in [3.05, 3.63) is 59.5 Å². The van der Waals surface area contributed by atoms with E-state index in [4.69, 9.17) is 9.52 Å². The van der Waals surface area contributed by atoms with Crippen molar-refractivity contribution in [3.63, 3.8) is 0 Å². The molecule has 1 heterocycles. The van der Waals surface area contributed by atoms with E-state index >= 15 is 0 Å². The highest BCUT2D eigenvalue weighted by molar-refractivity contribution is 5.89. The molecule has 1 aromatic heterocycles. The van der Waals surface area contributed by atoms with E-state index in [1.165, 1.54) is 0 Å². The lowest BCUT2D eigenvalue weighted by Crippen LogP contribution is -1.97. The molecular weight excluding hydrogens is 280 g/mol. The first kappa shape index (κ1) is 14.0. The first-order valence-electron chi connectivity index (χ1n) is 6.79. The van der Waals surface area contributed by atoms with Gasteiger partial charge < -0.3 is 9.52 Å². The van der Waals surface area contributed by atoms with Crippen LogP contribution >= 0.6 is 0 Å². The van der Waals surface area contributed by atoms with Gasteiger partial charge in [0.25, 0.3) is 0 Å². The molecule has 0 aliphatic carbocycles. The molecule has 2 aromatic carbocycles. The fourth-order valence-corrected chi connectivity index (χ4v) is 2.35. The van der Waals surface area contributed by atoms with Gasteiger partial charge in [-0.3, -0.25) is 0 Å². The highest BCUT2D eigenvalue weighted by Crippen LogP contribution is 2.28. The van der Waals surface area contributed by atoms with Crippen LogP contribution in [0.4, 0.5) is 0 Å². The minimum atomic E-state index is -0.926. The maximum absolute atomic E-state index is 11.0. The molecule has 5 nitrogen and oxygen atoms in total. The maximum Gasteiger partial charge on any atom is 0.335 e. The maximum atomic E-state index is 11.0. The lowest BCUT2D eigenvalue weighted by molar-refractivity contribution is 0.0697. The zero-order valence-electron chi connectivity index (χ0n) is 12.2. The Morgan fingerprint density at radius 3 is 2.45 bits per heavy atom. The molecule has 22 heavy (non-hydrogen) atoms. The number of aromatic carboxylic acids is 1. The Labute approximate surface area is 127 Å². The number of nitrogens with zero attached hydrogens (tertiary/aromatic N) is 2. The second-order valence-corrected chi connectivity index (χ2v) is 5.04. The predicted molar refractivity (Wildman–Crippen MR) is 81.6 cm³/mol. The van der Waals surface area contributed by atoms with Crippen molar-refractivity contribution in [2.45, 2.75) is 13.8 Å². The zero-order chi connectivity index (χ0) is 15.7. The summed E-state index contributed by atoms with van der Waals surface area (Å²) < 4.78 is 5.44. The molecule has 0 radical (unpaired) electrons. The number of aromatic nitrogens is 2. The predicted octanol–water partition coefficient (Wildman–Crippen LogP) is 3.72. The molecule has 0 spiro atoms. The van der Waals surface area contributed by atoms with E-state index in [9.17, 15) is 4.79 Å². The zero-order valence-corrected chi connectivity index (χ0v) is 12.2. The SMILES string of the molecule is Cc1nnc(-c2cccc(-c3ccc(C(=O)O)cc3C)c2)o1. The van der Waals surface area contributed by atoms with E-state index in [2.05, 4.69) is 10.2 Å². The Hall–Kier alpha value is -2.95. The molecule has 110 valence electrons. The lowest BCUT2D eigenvalue weighted by Gasteiger charge is -2.08. The van der Waals surface area contributed by atoms with Crippen LogP contribution in [-0.4, -0.2) is 21.3 Å². The molecule has 0 fully saturated rings. The largest absolute Gasteiger partial charge is 0.478 e. The molecule has 0 unspecified atom stereocenters. The van der Waals surface area contributed by atoms with Gasteiger partial charge in [0.15, 0.2) is 0 Å². The van der Waals surface area contributed by atoms with Gasteiger partial charge in [-0.05, 0) is 47.9 Å². The van der Waals surface area contributed by atoms with E-state index in [-0.39, 0.29) is 5.56 Å². The van der Waals surface area contributed by atoms with Crippen LogP contribution in [0.5, 0.6) is 0 Å². The molecule has 0 aliphatic rings. The summed E-state index contributed by atoms with van der Waals surface area (Å²) in [6.07, 6.45) is 0. The smallest absolute Gasteiger partial charge is 0.335 e. The quantitative estimate of drug-likeness (QED) is 0.796. The molecule has 1 N–H and O–H groups in total. The lowest BCUT2D eigenvalue weighted by atomic mass is 9.97. The summed E-state index contributed by atoms with van der Waals surface area (Å²) >= 11 is 0. The van der Waals surface area contributed by atoms with Crippen LogP contribution < -0.4 is 0 Å². The number of carboxylic acid groups (broad SMARTS) is 1. The van der Waals surface area contributed by atoms with Crippen molar-refractivity contribution in [2.24, 2.45) is 0 Å². The number of aryl methyl sites for hydroxylation is 2. The summed E-state index contributed by atoms with van der Waals surface area (Å²) in [5, 5.41) is 16.9. The number of hydrogen-bond donors (Lipinski definition) is 1. The molecule has 5 heteroatoms. The van der Waals surface area contributed by atoms with Crippen LogP contribution in [0, 0.1) is 13.8 Å². The van der Waals surface area contributed by atoms with Crippen molar-refractivity contribution in [1.29, 1.82) is 0 Å². The minimum absolute atomic E-state index is 0.282. The van der Waals surface area contributed by atoms with Gasteiger partial charge in [0.1, 0.15) is 0 Å². The van der Waals surface area contributed by atoms with Crippen LogP contribution in [0.2, 0.25) is 0 Å². The Morgan fingerprint density at radius 2 is 1.82 bits per heavy atom. The van der Waals surface area contributed by atoms with Gasteiger partial charge >= 0.3 is 5.97 Å². The fourth-order valence-electron chi connectivity index (χ4n) is 2.35. The molecule has 3 rings (SSSR count). The van der Waals surface area contributed by atoms with Gasteiger partial charge in [-0.2, -0.15) is 0 Å². The summed E-state index contributed by atoms with van der Waals surface area (Å²) in [4.78, 5) is 11.0. The van der Waals surface area contributed by atoms with Crippen molar-refractivity contribution in [1.82, 2.24) is 10.2 Å². The molecular formula is C17H14N2O3. The molecule has 0 amide bonds. The summed E-state index contributed by atoms with van der Waals surface area (Å²) in [5.74, 6) is 0.0614. The van der Waals surface area contributed by atoms with Gasteiger partial charge in [0, 0.05) is 12.5 Å². The van der Waals surface area contributed by atoms with Crippen LogP contribution in [0.25, 0.3) is 22.6 Å². The topological polar surface area (TPSA) is 76.2 Å². The van der Waals surface area contributed by atoms with Crippen LogP contribution in [0.1, 0.15) is 21.8 Å². The second-order valence-electron chi connectivity index (χ2n) is 5.04. The molecule has 3 aromatic rings. The van der Waals surface area contributed by atoms with Gasteiger partial charge in [-0.1, -0.05) is 18.2 Å². The van der Waals surface area contributed by atoms with Crippen LogP contribution in [-0.2, 0) is 0 Å². The van der Waals surface area contributed by atoms with E-state index in [1.54, 1.807) is 19.1 Å². The number of carbonyl (C=O) groups is 1. The van der Waals surface area contributed by atoms with E-state index in [1.807, 2.05) is 37.3 Å². The number of rotatable bonds is 3. The first-order valence-corrected chi connectivity index (χ1v) is 6.79. The van der Waals surface area contributed by atoms with E-state index in [0.29, 0.717) is 11.8 Å². The average Bonchev–Trinajstić information content (AvgIpc) is 2.94. The van der Waals surface area contributed by atoms with Gasteiger partial charge in [-0.25, -0.2) is 4.79 Å². The summed E-state index contributed by atoms with van der Waals surface area (Å²) in [5.41, 5.74) is 3.97. The minimum Gasteiger partial charge on any atom is -0.478 e. The molecule has 0 saturated carbocycles. The fraction of sp³-hybridized carbons (Fsp3) is 0.118. The standard InChI is InChI=1S/C17H14N2O3/c1-10-8-14(17(20)21)6-7-15(10)12-4-3-5-13(9-12)16-19-18-11(2)22-16/h3-9H,1-2H3,(H,20,21). The van der Waals surface area contributed by atoms with Crippen molar-refractivity contribution >= 4 is 5.97 Å². The number of benzene rings is 2. The van der Waals surface area contributed by atoms with Crippen LogP contribution in [0.3, 0.4) is 0 Å². The van der Waals surface area contributed by atoms with Gasteiger partial charge in [0.05, 0.1) is 5.56 Å². The normalized spacial score (nSPS) is 10.6. The summed E-state index contributed by atoms with van der Waals surface area (Å²) in [6.45, 7) is 3.64. The molecule has 0 bridgehead atoms. The molecule has 0 saturated heterocycles. The Kier molecular flexibility index (Phi) is 3.47. The third-order valence-corrected chi connectivity index (χ3v) is 3.42. The monoisotopic (exact) mass is 294 g/mol. The third kappa shape index (κ3) is 2.61. The molecule has 0 aliphatic heterocycles. The van der Waals surface area contributed by atoms with Gasteiger partial charge in [0.2, 0.25) is 11.8 Å². The van der Waals surface area contributed by atoms with Crippen molar-refractivity contribution in [3.8, 4) is 22.6 Å². The van der Waals surface area contributed by atoms with E-state index in [0.717, 1.165) is 22.3 Å². The van der Waals surface area contributed by atoms with E-state index < -0.39 is 5.97 Å². The number of carboxylic acids is 1. The molecule has 0 atom stereocenters. The third-order valence-electron chi connectivity index (χ3n) is 3.42. The first-order chi connectivity index (χ1) is 10.5. The Bertz CT molecular complexity index is 853. The highest BCUT2D eigenvalue weighted by Gasteiger charge is 2.10. The summed E-state index contributed by atoms with van der Waals surface area (Å²) in [7, 11) is 0. The highest BCUT2D eigenvalue weighted by atomic mass is 16.4. The van der Waals surface area contributed by atoms with Gasteiger partial charge in [-0.15, -0.1) is 10.2 Å². The van der Waals surface area contributed by atoms with Crippen LogP contribution in [0.15, 0.2) is 46.9 Å². The number of hydrogen-bond acceptors (Lipinski definition) is 4. The van der Waals surface area contributed by atoms with Crippen molar-refractivity contribution < 1.29 is 14.3 Å². The Morgan fingerprint density at radius 1 is 1.05 bits per heavy atom.